The lowest BCUT2D eigenvalue weighted by Gasteiger charge is -2.43. The van der Waals surface area contributed by atoms with Gasteiger partial charge in [0.25, 0.3) is 0 Å². The van der Waals surface area contributed by atoms with Crippen molar-refractivity contribution < 1.29 is 50.2 Å². The molecule has 14 heteroatoms. The van der Waals surface area contributed by atoms with Gasteiger partial charge in [-0.3, -0.25) is 14.6 Å². The van der Waals surface area contributed by atoms with Crippen molar-refractivity contribution in [2.24, 2.45) is 0 Å². The molecule has 0 aromatic heterocycles. The Labute approximate surface area is 237 Å². The average molecular weight is 602 g/mol. The van der Waals surface area contributed by atoms with Gasteiger partial charge in [0, 0.05) is 37.3 Å². The van der Waals surface area contributed by atoms with Gasteiger partial charge in [-0.2, -0.15) is 26.3 Å². The molecule has 2 aliphatic rings. The number of carbonyl (C=O) groups is 3. The molecule has 0 unspecified atom stereocenters. The minimum atomic E-state index is -5.07. The van der Waals surface area contributed by atoms with E-state index < -0.39 is 59.9 Å². The largest absolute Gasteiger partial charge is 0.453 e. The number of ether oxygens (including phenoxy) is 2. The van der Waals surface area contributed by atoms with Gasteiger partial charge in [0.05, 0.1) is 36.6 Å². The lowest BCUT2D eigenvalue weighted by molar-refractivity contribution is -0.143. The maximum Gasteiger partial charge on any atom is 0.416 e. The van der Waals surface area contributed by atoms with Gasteiger partial charge in [0.15, 0.2) is 0 Å². The van der Waals surface area contributed by atoms with E-state index in [4.69, 9.17) is 9.47 Å². The second kappa shape index (κ2) is 11.4. The number of amides is 3. The smallest absolute Gasteiger partial charge is 0.416 e. The molecule has 42 heavy (non-hydrogen) atoms. The molecule has 3 amide bonds. The van der Waals surface area contributed by atoms with E-state index in [0.29, 0.717) is 42.0 Å². The van der Waals surface area contributed by atoms with Crippen LogP contribution in [0.4, 0.5) is 47.3 Å². The molecule has 2 atom stereocenters. The number of anilines is 2. The summed E-state index contributed by atoms with van der Waals surface area (Å²) in [5, 5.41) is 0. The van der Waals surface area contributed by atoms with Crippen LogP contribution in [0, 0.1) is 0 Å². The Bertz CT molecular complexity index is 1360. The molecule has 2 aliphatic heterocycles. The van der Waals surface area contributed by atoms with Crippen LogP contribution in [0.1, 0.15) is 61.1 Å². The van der Waals surface area contributed by atoms with Crippen molar-refractivity contribution in [3.63, 3.8) is 0 Å². The summed E-state index contributed by atoms with van der Waals surface area (Å²) in [5.41, 5.74) is -1.44. The average Bonchev–Trinajstić information content (AvgIpc) is 3.32. The van der Waals surface area contributed by atoms with Gasteiger partial charge in [-0.25, -0.2) is 9.59 Å². The van der Waals surface area contributed by atoms with E-state index in [9.17, 15) is 40.7 Å². The number of alkyl halides is 6. The van der Waals surface area contributed by atoms with Crippen molar-refractivity contribution in [1.82, 2.24) is 4.90 Å². The Morgan fingerprint density at radius 3 is 2.12 bits per heavy atom. The summed E-state index contributed by atoms with van der Waals surface area (Å²) in [5.74, 6) is -0.245. The topological polar surface area (TPSA) is 79.4 Å². The number of nitrogens with zero attached hydrogens (tertiary/aromatic N) is 3. The van der Waals surface area contributed by atoms with Crippen molar-refractivity contribution in [2.45, 2.75) is 64.6 Å². The van der Waals surface area contributed by atoms with Crippen LogP contribution in [0.25, 0.3) is 0 Å². The van der Waals surface area contributed by atoms with E-state index in [1.54, 1.807) is 26.0 Å². The van der Waals surface area contributed by atoms with Crippen LogP contribution in [-0.2, 0) is 39.6 Å². The molecule has 2 heterocycles. The van der Waals surface area contributed by atoms with Gasteiger partial charge < -0.3 is 14.4 Å². The lowest BCUT2D eigenvalue weighted by atomic mass is 9.88. The summed E-state index contributed by atoms with van der Waals surface area (Å²) in [6, 6.07) is 2.93. The number of fused-ring (bicyclic) bond motifs is 2. The first kappa shape index (κ1) is 31.0. The molecule has 0 spiro atoms. The van der Waals surface area contributed by atoms with Crippen LogP contribution in [0.15, 0.2) is 30.3 Å². The molecule has 0 aliphatic carbocycles. The number of methoxy groups -OCH3 is 1. The molecule has 0 radical (unpaired) electrons. The Morgan fingerprint density at radius 1 is 0.976 bits per heavy atom. The number of hydrogen-bond donors (Lipinski definition) is 0. The van der Waals surface area contributed by atoms with Gasteiger partial charge >= 0.3 is 24.5 Å². The minimum Gasteiger partial charge on any atom is -0.453 e. The normalized spacial score (nSPS) is 18.3. The molecule has 2 aromatic rings. The lowest BCUT2D eigenvalue weighted by Crippen LogP contribution is -2.47. The molecular formula is C28H29F6N3O5. The summed E-state index contributed by atoms with van der Waals surface area (Å²) >= 11 is 0. The first-order valence-corrected chi connectivity index (χ1v) is 13.1. The quantitative estimate of drug-likeness (QED) is 0.365. The van der Waals surface area contributed by atoms with Gasteiger partial charge in [-0.05, 0) is 68.1 Å². The highest BCUT2D eigenvalue weighted by molar-refractivity contribution is 5.96. The Kier molecular flexibility index (Phi) is 8.38. The molecule has 2 aromatic carbocycles. The summed E-state index contributed by atoms with van der Waals surface area (Å²) in [6.45, 7) is 4.49. The number of carbonyl (C=O) groups excluding carboxylic acids is 3. The fourth-order valence-electron chi connectivity index (χ4n) is 5.53. The zero-order valence-electron chi connectivity index (χ0n) is 23.2. The van der Waals surface area contributed by atoms with E-state index in [2.05, 4.69) is 0 Å². The monoisotopic (exact) mass is 601 g/mol. The first-order chi connectivity index (χ1) is 19.6. The zero-order chi connectivity index (χ0) is 31.1. The van der Waals surface area contributed by atoms with Crippen LogP contribution in [0.3, 0.4) is 0 Å². The van der Waals surface area contributed by atoms with Crippen molar-refractivity contribution in [3.05, 3.63) is 58.1 Å². The second-order valence-electron chi connectivity index (χ2n) is 10.1. The molecule has 0 N–H and O–H groups in total. The minimum absolute atomic E-state index is 0.0147. The third-order valence-corrected chi connectivity index (χ3v) is 7.38. The van der Waals surface area contributed by atoms with Crippen molar-refractivity contribution in [1.29, 1.82) is 0 Å². The highest BCUT2D eigenvalue weighted by Gasteiger charge is 2.42. The molecule has 4 rings (SSSR count). The second-order valence-corrected chi connectivity index (χ2v) is 10.1. The fraction of sp³-hybridized carbons (Fsp3) is 0.464. The summed E-state index contributed by atoms with van der Waals surface area (Å²) < 4.78 is 91.5. The highest BCUT2D eigenvalue weighted by Crippen LogP contribution is 2.46. The van der Waals surface area contributed by atoms with Crippen LogP contribution >= 0.6 is 0 Å². The van der Waals surface area contributed by atoms with Crippen LogP contribution in [-0.4, -0.2) is 49.3 Å². The summed E-state index contributed by atoms with van der Waals surface area (Å²) in [6.07, 6.45) is -11.3. The molecular weight excluding hydrogens is 572 g/mol. The molecule has 0 saturated carbocycles. The molecule has 228 valence electrons. The van der Waals surface area contributed by atoms with Crippen molar-refractivity contribution in [3.8, 4) is 0 Å². The van der Waals surface area contributed by atoms with E-state index >= 15 is 0 Å². The van der Waals surface area contributed by atoms with E-state index in [-0.39, 0.29) is 25.0 Å². The SMILES string of the molecule is CCOC(=O)N1c2cc3c(cc2[C@H](N(Cc2cc(C(F)(F)F)cc(C(F)(F)F)c2)C(=O)OC)C[C@@H]1C)N(C(C)=O)CC3. The summed E-state index contributed by atoms with van der Waals surface area (Å²) in [7, 11) is 1.04. The first-order valence-electron chi connectivity index (χ1n) is 13.1. The highest BCUT2D eigenvalue weighted by atomic mass is 19.4. The van der Waals surface area contributed by atoms with Gasteiger partial charge in [-0.15, -0.1) is 0 Å². The molecule has 0 bridgehead atoms. The maximum atomic E-state index is 13.6. The molecule has 8 nitrogen and oxygen atoms in total. The standard InChI is InChI=1S/C28H29F6N3O5/c1-5-42-26(40)37-15(2)8-23(21-13-22-18(11-24(21)37)6-7-35(22)16(3)38)36(25(39)41-4)14-17-9-19(27(29,30)31)12-20(10-17)28(32,33)34/h9-13,15,23H,5-8,14H2,1-4H3/t15-,23+/m0/s1. The number of benzene rings is 2. The van der Waals surface area contributed by atoms with Gasteiger partial charge in [0.1, 0.15) is 0 Å². The van der Waals surface area contributed by atoms with Crippen LogP contribution in [0.2, 0.25) is 0 Å². The predicted molar refractivity (Wildman–Crippen MR) is 139 cm³/mol. The number of hydrogen-bond acceptors (Lipinski definition) is 5. The molecule has 0 saturated heterocycles. The molecule has 0 fully saturated rings. The predicted octanol–water partition coefficient (Wildman–Crippen LogP) is 6.70. The van der Waals surface area contributed by atoms with Crippen LogP contribution < -0.4 is 9.80 Å². The third-order valence-electron chi connectivity index (χ3n) is 7.38. The zero-order valence-corrected chi connectivity index (χ0v) is 23.2. The number of rotatable bonds is 4. The van der Waals surface area contributed by atoms with E-state index in [1.807, 2.05) is 0 Å². The van der Waals surface area contributed by atoms with Crippen molar-refractivity contribution in [2.75, 3.05) is 30.1 Å². The van der Waals surface area contributed by atoms with Crippen LogP contribution in [0.5, 0.6) is 0 Å². The summed E-state index contributed by atoms with van der Waals surface area (Å²) in [4.78, 5) is 42.3. The van der Waals surface area contributed by atoms with Gasteiger partial charge in [0.2, 0.25) is 5.91 Å². The Balaban J connectivity index is 1.88. The van der Waals surface area contributed by atoms with E-state index in [0.717, 1.165) is 17.6 Å². The Morgan fingerprint density at radius 2 is 1.60 bits per heavy atom. The van der Waals surface area contributed by atoms with Crippen molar-refractivity contribution >= 4 is 29.5 Å². The number of halogens is 6. The fourth-order valence-corrected chi connectivity index (χ4v) is 5.53. The van der Waals surface area contributed by atoms with E-state index in [1.165, 1.54) is 16.7 Å². The maximum absolute atomic E-state index is 13.6. The third kappa shape index (κ3) is 5.97. The van der Waals surface area contributed by atoms with Gasteiger partial charge in [-0.1, -0.05) is 0 Å². The Hall–Kier alpha value is -3.97.